The number of allylic oxidation sites excluding steroid dienone is 16. The summed E-state index contributed by atoms with van der Waals surface area (Å²) in [5.41, 5.74) is 0. The lowest BCUT2D eigenvalue weighted by atomic mass is 10.1. The van der Waals surface area contributed by atoms with Crippen LogP contribution in [-0.2, 0) is 14.3 Å². The van der Waals surface area contributed by atoms with Crippen LogP contribution in [0.4, 0.5) is 0 Å². The molecule has 51 heavy (non-hydrogen) atoms. The van der Waals surface area contributed by atoms with Crippen LogP contribution in [0.25, 0.3) is 0 Å². The Morgan fingerprint density at radius 2 is 0.824 bits per heavy atom. The Balaban J connectivity index is 3.53. The maximum absolute atomic E-state index is 12.2. The van der Waals surface area contributed by atoms with E-state index in [0.29, 0.717) is 13.0 Å². The minimum atomic E-state index is -0.555. The molecule has 0 aliphatic heterocycles. The lowest BCUT2D eigenvalue weighted by Gasteiger charge is -2.15. The van der Waals surface area contributed by atoms with Crippen molar-refractivity contribution < 1.29 is 19.4 Å². The van der Waals surface area contributed by atoms with Crippen molar-refractivity contribution in [2.45, 2.75) is 174 Å². The molecule has 4 heteroatoms. The summed E-state index contributed by atoms with van der Waals surface area (Å²) < 4.78 is 11.1. The zero-order valence-corrected chi connectivity index (χ0v) is 33.1. The first kappa shape index (κ1) is 48.3. The number of esters is 1. The smallest absolute Gasteiger partial charge is 0.306 e. The second-order valence-corrected chi connectivity index (χ2v) is 13.3. The normalized spacial score (nSPS) is 13.4. The highest BCUT2D eigenvalue weighted by atomic mass is 16.6. The highest BCUT2D eigenvalue weighted by Crippen LogP contribution is 2.12. The lowest BCUT2D eigenvalue weighted by Crippen LogP contribution is -2.27. The molecule has 0 saturated heterocycles. The van der Waals surface area contributed by atoms with Crippen LogP contribution in [0.3, 0.4) is 0 Å². The second kappa shape index (κ2) is 43.5. The van der Waals surface area contributed by atoms with E-state index in [0.717, 1.165) is 83.5 Å². The van der Waals surface area contributed by atoms with Gasteiger partial charge in [0.15, 0.2) is 0 Å². The Bertz CT molecular complexity index is 965. The summed E-state index contributed by atoms with van der Waals surface area (Å²) in [5.74, 6) is -0.221. The van der Waals surface area contributed by atoms with E-state index in [1.165, 1.54) is 64.2 Å². The minimum absolute atomic E-state index is 0.189. The SMILES string of the molecule is CC/C=C\C/C=C\C/C=C\C/C=C\CCCCCCCCCCC(=O)OC(CO)COCCCCCCC/C=C\C/C=C\C/C=C\C/C=C\CC. The quantitative estimate of drug-likeness (QED) is 0.0397. The number of unbranched alkanes of at least 4 members (excludes halogenated alkanes) is 13. The highest BCUT2D eigenvalue weighted by Gasteiger charge is 2.13. The molecule has 0 aromatic carbocycles. The molecule has 290 valence electrons. The molecule has 0 aliphatic rings. The first-order valence-electron chi connectivity index (χ1n) is 20.8. The molecule has 0 radical (unpaired) electrons. The second-order valence-electron chi connectivity index (χ2n) is 13.3. The molecular formula is C47H78O4. The molecule has 1 unspecified atom stereocenters. The molecule has 1 atom stereocenters. The number of aliphatic hydroxyl groups is 1. The fourth-order valence-corrected chi connectivity index (χ4v) is 5.37. The van der Waals surface area contributed by atoms with Crippen molar-refractivity contribution in [3.8, 4) is 0 Å². The third-order valence-corrected chi connectivity index (χ3v) is 8.40. The van der Waals surface area contributed by atoms with Gasteiger partial charge in [-0.1, -0.05) is 169 Å². The first-order chi connectivity index (χ1) is 25.2. The van der Waals surface area contributed by atoms with Crippen LogP contribution in [0.15, 0.2) is 97.2 Å². The van der Waals surface area contributed by atoms with E-state index >= 15 is 0 Å². The van der Waals surface area contributed by atoms with Gasteiger partial charge in [-0.15, -0.1) is 0 Å². The molecule has 0 aromatic rings. The third kappa shape index (κ3) is 41.6. The van der Waals surface area contributed by atoms with E-state index in [-0.39, 0.29) is 19.2 Å². The monoisotopic (exact) mass is 707 g/mol. The van der Waals surface area contributed by atoms with Crippen molar-refractivity contribution in [1.29, 1.82) is 0 Å². The standard InChI is InChI=1S/C47H78O4/c1-3-5-7-9-11-13-15-17-19-21-23-24-25-26-28-30-32-34-36-38-40-42-47(49)51-46(44-48)45-50-43-41-39-37-35-33-31-29-27-22-20-18-16-14-12-10-8-6-4-2/h5-8,11-14,17-20,23-24,27,29,46,48H,3-4,9-10,15-16,21-22,25-26,28,30-45H2,1-2H3/b7-5-,8-6-,13-11-,14-12-,19-17-,20-18-,24-23-,29-27-. The Hall–Kier alpha value is -2.69. The van der Waals surface area contributed by atoms with Gasteiger partial charge in [-0.05, 0) is 89.9 Å². The van der Waals surface area contributed by atoms with E-state index in [4.69, 9.17) is 9.47 Å². The van der Waals surface area contributed by atoms with Gasteiger partial charge >= 0.3 is 5.97 Å². The predicted octanol–water partition coefficient (Wildman–Crippen LogP) is 13.8. The van der Waals surface area contributed by atoms with E-state index in [9.17, 15) is 9.90 Å². The van der Waals surface area contributed by atoms with Crippen molar-refractivity contribution in [2.24, 2.45) is 0 Å². The molecule has 1 N–H and O–H groups in total. The minimum Gasteiger partial charge on any atom is -0.457 e. The molecule has 0 spiro atoms. The van der Waals surface area contributed by atoms with Crippen LogP contribution in [0.2, 0.25) is 0 Å². The third-order valence-electron chi connectivity index (χ3n) is 8.40. The van der Waals surface area contributed by atoms with Gasteiger partial charge in [0, 0.05) is 13.0 Å². The molecule has 0 aromatic heterocycles. The van der Waals surface area contributed by atoms with Crippen LogP contribution in [-0.4, -0.2) is 37.0 Å². The summed E-state index contributed by atoms with van der Waals surface area (Å²) >= 11 is 0. The zero-order chi connectivity index (χ0) is 37.0. The van der Waals surface area contributed by atoms with E-state index < -0.39 is 6.10 Å². The van der Waals surface area contributed by atoms with Crippen LogP contribution in [0, 0.1) is 0 Å². The number of rotatable bonds is 37. The molecule has 0 bridgehead atoms. The number of carbonyl (C=O) groups is 1. The van der Waals surface area contributed by atoms with Crippen LogP contribution in [0.5, 0.6) is 0 Å². The molecule has 0 rings (SSSR count). The molecule has 0 heterocycles. The topological polar surface area (TPSA) is 55.8 Å². The number of hydrogen-bond donors (Lipinski definition) is 1. The molecular weight excluding hydrogens is 629 g/mol. The molecule has 0 fully saturated rings. The van der Waals surface area contributed by atoms with Crippen molar-refractivity contribution >= 4 is 5.97 Å². The first-order valence-corrected chi connectivity index (χ1v) is 20.8. The van der Waals surface area contributed by atoms with Gasteiger partial charge < -0.3 is 14.6 Å². The number of hydrogen-bond acceptors (Lipinski definition) is 4. The fraction of sp³-hybridized carbons (Fsp3) is 0.638. The molecule has 0 aliphatic carbocycles. The van der Waals surface area contributed by atoms with Gasteiger partial charge in [0.05, 0.1) is 13.2 Å². The summed E-state index contributed by atoms with van der Waals surface area (Å²) in [6, 6.07) is 0. The van der Waals surface area contributed by atoms with Crippen molar-refractivity contribution in [3.63, 3.8) is 0 Å². The maximum Gasteiger partial charge on any atom is 0.306 e. The number of carbonyl (C=O) groups excluding carboxylic acids is 1. The number of ether oxygens (including phenoxy) is 2. The summed E-state index contributed by atoms with van der Waals surface area (Å²) in [6.45, 7) is 5.06. The Morgan fingerprint density at radius 3 is 1.24 bits per heavy atom. The Labute approximate surface area is 315 Å². The molecule has 4 nitrogen and oxygen atoms in total. The van der Waals surface area contributed by atoms with Crippen LogP contribution >= 0.6 is 0 Å². The lowest BCUT2D eigenvalue weighted by molar-refractivity contribution is -0.154. The predicted molar refractivity (Wildman–Crippen MR) is 223 cm³/mol. The van der Waals surface area contributed by atoms with E-state index in [1.807, 2.05) is 0 Å². The van der Waals surface area contributed by atoms with Crippen molar-refractivity contribution in [3.05, 3.63) is 97.2 Å². The maximum atomic E-state index is 12.2. The average Bonchev–Trinajstić information content (AvgIpc) is 3.14. The Kier molecular flexibility index (Phi) is 41.2. The van der Waals surface area contributed by atoms with Crippen LogP contribution in [0.1, 0.15) is 168 Å². The summed E-state index contributed by atoms with van der Waals surface area (Å²) in [6.07, 6.45) is 61.7. The average molecular weight is 707 g/mol. The number of aliphatic hydroxyl groups excluding tert-OH is 1. The highest BCUT2D eigenvalue weighted by molar-refractivity contribution is 5.69. The van der Waals surface area contributed by atoms with Gasteiger partial charge in [-0.3, -0.25) is 4.79 Å². The summed E-state index contributed by atoms with van der Waals surface area (Å²) in [7, 11) is 0. The van der Waals surface area contributed by atoms with E-state index in [2.05, 4.69) is 111 Å². The Morgan fingerprint density at radius 1 is 0.471 bits per heavy atom. The van der Waals surface area contributed by atoms with Gasteiger partial charge in [-0.25, -0.2) is 0 Å². The van der Waals surface area contributed by atoms with Gasteiger partial charge in [0.1, 0.15) is 6.10 Å². The van der Waals surface area contributed by atoms with Gasteiger partial charge in [0.2, 0.25) is 0 Å². The van der Waals surface area contributed by atoms with Crippen molar-refractivity contribution in [1.82, 2.24) is 0 Å². The zero-order valence-electron chi connectivity index (χ0n) is 33.1. The molecule has 0 saturated carbocycles. The fourth-order valence-electron chi connectivity index (χ4n) is 5.37. The summed E-state index contributed by atoms with van der Waals surface area (Å²) in [4.78, 5) is 12.2. The largest absolute Gasteiger partial charge is 0.457 e. The summed E-state index contributed by atoms with van der Waals surface area (Å²) in [5, 5.41) is 9.60. The molecule has 0 amide bonds. The van der Waals surface area contributed by atoms with Gasteiger partial charge in [-0.2, -0.15) is 0 Å². The van der Waals surface area contributed by atoms with Gasteiger partial charge in [0.25, 0.3) is 0 Å². The van der Waals surface area contributed by atoms with Crippen molar-refractivity contribution in [2.75, 3.05) is 19.8 Å². The van der Waals surface area contributed by atoms with E-state index in [1.54, 1.807) is 0 Å². The van der Waals surface area contributed by atoms with Crippen LogP contribution < -0.4 is 0 Å².